The van der Waals surface area contributed by atoms with Gasteiger partial charge >= 0.3 is 0 Å². The number of hydrogen-bond donors (Lipinski definition) is 2. The standard InChI is InChI=1S/C11H25N3O2S/c1-11(2,10(12)13)6-5-7-14(3)8-9-17(4,15)16/h5-9H2,1-4H3,(H3,12,13). The van der Waals surface area contributed by atoms with Crippen LogP contribution in [0.25, 0.3) is 0 Å². The van der Waals surface area contributed by atoms with Gasteiger partial charge in [0.25, 0.3) is 0 Å². The van der Waals surface area contributed by atoms with Crippen molar-refractivity contribution < 1.29 is 8.42 Å². The van der Waals surface area contributed by atoms with Gasteiger partial charge in [-0.1, -0.05) is 13.8 Å². The van der Waals surface area contributed by atoms with Crippen LogP contribution in [0.5, 0.6) is 0 Å². The molecule has 0 rings (SSSR count). The predicted octanol–water partition coefficient (Wildman–Crippen LogP) is 0.705. The molecule has 0 amide bonds. The second-order valence-electron chi connectivity index (χ2n) is 5.33. The maximum atomic E-state index is 11.0. The average Bonchev–Trinajstić information content (AvgIpc) is 2.13. The van der Waals surface area contributed by atoms with Crippen LogP contribution in [-0.2, 0) is 9.84 Å². The topological polar surface area (TPSA) is 87.2 Å². The zero-order chi connectivity index (χ0) is 13.7. The Kier molecular flexibility index (Phi) is 6.12. The van der Waals surface area contributed by atoms with Crippen LogP contribution in [0.2, 0.25) is 0 Å². The summed E-state index contributed by atoms with van der Waals surface area (Å²) in [4.78, 5) is 2.00. The van der Waals surface area contributed by atoms with Crippen LogP contribution < -0.4 is 5.73 Å². The summed E-state index contributed by atoms with van der Waals surface area (Å²) < 4.78 is 22.0. The van der Waals surface area contributed by atoms with E-state index in [2.05, 4.69) is 0 Å². The van der Waals surface area contributed by atoms with E-state index in [1.165, 1.54) is 6.26 Å². The van der Waals surface area contributed by atoms with Gasteiger partial charge in [0.1, 0.15) is 9.84 Å². The molecule has 0 saturated carbocycles. The minimum absolute atomic E-state index is 0.194. The highest BCUT2D eigenvalue weighted by Crippen LogP contribution is 2.21. The molecule has 0 aliphatic rings. The van der Waals surface area contributed by atoms with Crippen LogP contribution in [0.1, 0.15) is 26.7 Å². The van der Waals surface area contributed by atoms with Crippen LogP contribution in [0, 0.1) is 10.8 Å². The maximum absolute atomic E-state index is 11.0. The zero-order valence-electron chi connectivity index (χ0n) is 11.3. The number of sulfone groups is 1. The summed E-state index contributed by atoms with van der Waals surface area (Å²) in [5.41, 5.74) is 5.23. The fraction of sp³-hybridized carbons (Fsp3) is 0.909. The van der Waals surface area contributed by atoms with Crippen LogP contribution in [0.4, 0.5) is 0 Å². The average molecular weight is 263 g/mol. The van der Waals surface area contributed by atoms with Crippen molar-refractivity contribution in [2.24, 2.45) is 11.1 Å². The smallest absolute Gasteiger partial charge is 0.148 e. The molecule has 0 fully saturated rings. The molecule has 102 valence electrons. The molecular formula is C11H25N3O2S. The van der Waals surface area contributed by atoms with Crippen molar-refractivity contribution in [3.63, 3.8) is 0 Å². The molecular weight excluding hydrogens is 238 g/mol. The largest absolute Gasteiger partial charge is 0.387 e. The molecule has 17 heavy (non-hydrogen) atoms. The fourth-order valence-corrected chi connectivity index (χ4v) is 2.00. The van der Waals surface area contributed by atoms with Gasteiger partial charge in [0.15, 0.2) is 0 Å². The monoisotopic (exact) mass is 263 g/mol. The van der Waals surface area contributed by atoms with Gasteiger partial charge in [-0.15, -0.1) is 0 Å². The molecule has 0 aromatic carbocycles. The van der Waals surface area contributed by atoms with Gasteiger partial charge in [0.05, 0.1) is 11.6 Å². The van der Waals surface area contributed by atoms with Gasteiger partial charge in [0, 0.05) is 18.2 Å². The highest BCUT2D eigenvalue weighted by molar-refractivity contribution is 7.90. The van der Waals surface area contributed by atoms with Crippen molar-refractivity contribution in [3.8, 4) is 0 Å². The Morgan fingerprint density at radius 3 is 2.29 bits per heavy atom. The summed E-state index contributed by atoms with van der Waals surface area (Å²) in [5, 5.41) is 7.43. The number of nitrogens with one attached hydrogen (secondary N) is 1. The van der Waals surface area contributed by atoms with E-state index in [-0.39, 0.29) is 17.0 Å². The third kappa shape index (κ3) is 8.15. The molecule has 0 unspecified atom stereocenters. The first-order valence-electron chi connectivity index (χ1n) is 5.75. The van der Waals surface area contributed by atoms with E-state index in [9.17, 15) is 8.42 Å². The molecule has 5 nitrogen and oxygen atoms in total. The van der Waals surface area contributed by atoms with Crippen LogP contribution in [-0.4, -0.2) is 51.3 Å². The number of nitrogens with zero attached hydrogens (tertiary/aromatic N) is 1. The minimum Gasteiger partial charge on any atom is -0.387 e. The first kappa shape index (κ1) is 16.4. The third-order valence-electron chi connectivity index (χ3n) is 2.91. The molecule has 0 aromatic heterocycles. The molecule has 3 N–H and O–H groups in total. The molecule has 0 bridgehead atoms. The second kappa shape index (κ2) is 6.35. The number of hydrogen-bond acceptors (Lipinski definition) is 4. The quantitative estimate of drug-likeness (QED) is 0.498. The Labute approximate surface area is 105 Å². The maximum Gasteiger partial charge on any atom is 0.148 e. The first-order chi connectivity index (χ1) is 7.54. The third-order valence-corrected chi connectivity index (χ3v) is 3.84. The summed E-state index contributed by atoms with van der Waals surface area (Å²) in [6.45, 7) is 5.28. The van der Waals surface area contributed by atoms with Crippen molar-refractivity contribution in [2.45, 2.75) is 26.7 Å². The van der Waals surface area contributed by atoms with Crippen molar-refractivity contribution in [1.29, 1.82) is 5.41 Å². The van der Waals surface area contributed by atoms with Crippen molar-refractivity contribution in [2.75, 3.05) is 32.1 Å². The fourth-order valence-electron chi connectivity index (χ4n) is 1.36. The highest BCUT2D eigenvalue weighted by atomic mass is 32.2. The van der Waals surface area contributed by atoms with Crippen LogP contribution in [0.15, 0.2) is 0 Å². The molecule has 0 radical (unpaired) electrons. The Morgan fingerprint density at radius 1 is 1.35 bits per heavy atom. The Hall–Kier alpha value is -0.620. The summed E-state index contributed by atoms with van der Waals surface area (Å²) >= 11 is 0. The lowest BCUT2D eigenvalue weighted by atomic mass is 9.86. The van der Waals surface area contributed by atoms with Gasteiger partial charge in [0.2, 0.25) is 0 Å². The number of rotatable bonds is 8. The molecule has 0 aliphatic heterocycles. The Balaban J connectivity index is 3.87. The van der Waals surface area contributed by atoms with E-state index in [1.54, 1.807) is 0 Å². The van der Waals surface area contributed by atoms with Gasteiger partial charge in [-0.3, -0.25) is 5.41 Å². The molecule has 6 heteroatoms. The van der Waals surface area contributed by atoms with E-state index in [1.807, 2.05) is 25.8 Å². The Bertz CT molecular complexity index is 350. The minimum atomic E-state index is -2.88. The number of nitrogens with two attached hydrogens (primary N) is 1. The van der Waals surface area contributed by atoms with Crippen molar-refractivity contribution >= 4 is 15.7 Å². The summed E-state index contributed by atoms with van der Waals surface area (Å²) in [6, 6.07) is 0. The van der Waals surface area contributed by atoms with E-state index >= 15 is 0 Å². The zero-order valence-corrected chi connectivity index (χ0v) is 12.1. The lowest BCUT2D eigenvalue weighted by Gasteiger charge is -2.24. The molecule has 0 aromatic rings. The lowest BCUT2D eigenvalue weighted by Crippen LogP contribution is -2.32. The molecule has 0 atom stereocenters. The summed E-state index contributed by atoms with van der Waals surface area (Å²) in [7, 11) is -0.973. The SMILES string of the molecule is CN(CCCC(C)(C)C(=N)N)CCS(C)(=O)=O. The number of amidine groups is 1. The van der Waals surface area contributed by atoms with Crippen molar-refractivity contribution in [3.05, 3.63) is 0 Å². The molecule has 0 spiro atoms. The van der Waals surface area contributed by atoms with E-state index in [0.29, 0.717) is 6.54 Å². The van der Waals surface area contributed by atoms with Gasteiger partial charge in [-0.05, 0) is 26.4 Å². The van der Waals surface area contributed by atoms with Gasteiger partial charge in [-0.2, -0.15) is 0 Å². The van der Waals surface area contributed by atoms with Gasteiger partial charge < -0.3 is 10.6 Å². The molecule has 0 heterocycles. The van der Waals surface area contributed by atoms with Crippen LogP contribution in [0.3, 0.4) is 0 Å². The van der Waals surface area contributed by atoms with E-state index in [4.69, 9.17) is 11.1 Å². The highest BCUT2D eigenvalue weighted by Gasteiger charge is 2.20. The molecule has 0 saturated heterocycles. The van der Waals surface area contributed by atoms with Crippen LogP contribution >= 0.6 is 0 Å². The lowest BCUT2D eigenvalue weighted by molar-refractivity contribution is 0.321. The predicted molar refractivity (Wildman–Crippen MR) is 72.1 cm³/mol. The second-order valence-corrected chi connectivity index (χ2v) is 7.59. The van der Waals surface area contributed by atoms with E-state index < -0.39 is 9.84 Å². The van der Waals surface area contributed by atoms with E-state index in [0.717, 1.165) is 19.4 Å². The summed E-state index contributed by atoms with van der Waals surface area (Å²) in [5.74, 6) is 0.399. The summed E-state index contributed by atoms with van der Waals surface area (Å²) in [6.07, 6.45) is 3.00. The van der Waals surface area contributed by atoms with Crippen molar-refractivity contribution in [1.82, 2.24) is 4.90 Å². The van der Waals surface area contributed by atoms with Gasteiger partial charge in [-0.25, -0.2) is 8.42 Å². The molecule has 0 aliphatic carbocycles. The first-order valence-corrected chi connectivity index (χ1v) is 7.81. The Morgan fingerprint density at radius 2 is 1.88 bits per heavy atom. The normalized spacial score (nSPS) is 13.0.